The molecule has 1 fully saturated rings. The van der Waals surface area contributed by atoms with Crippen molar-refractivity contribution in [2.24, 2.45) is 5.92 Å². The van der Waals surface area contributed by atoms with Crippen molar-refractivity contribution in [3.63, 3.8) is 0 Å². The molecule has 0 spiro atoms. The molecule has 0 amide bonds. The Labute approximate surface area is 73.9 Å². The third-order valence-corrected chi connectivity index (χ3v) is 2.57. The van der Waals surface area contributed by atoms with E-state index in [0.29, 0.717) is 0 Å². The Hall–Kier alpha value is -0.570. The number of rotatable bonds is 1. The van der Waals surface area contributed by atoms with Gasteiger partial charge in [0.15, 0.2) is 0 Å². The van der Waals surface area contributed by atoms with Crippen LogP contribution in [-0.4, -0.2) is 44.7 Å². The predicted octanol–water partition coefficient (Wildman–Crippen LogP) is 0.646. The summed E-state index contributed by atoms with van der Waals surface area (Å²) in [6.45, 7) is 2.10. The lowest BCUT2D eigenvalue weighted by Crippen LogP contribution is -2.49. The van der Waals surface area contributed by atoms with Gasteiger partial charge in [0.25, 0.3) is 0 Å². The molecule has 0 aromatic heterocycles. The second-order valence-electron chi connectivity index (χ2n) is 4.20. The topological polar surface area (TPSA) is 26.3 Å². The van der Waals surface area contributed by atoms with E-state index in [1.54, 1.807) is 0 Å². The Balaban J connectivity index is 2.52. The number of quaternary nitrogens is 1. The Morgan fingerprint density at radius 3 is 2.67 bits per heavy atom. The van der Waals surface area contributed by atoms with Gasteiger partial charge in [-0.15, -0.1) is 0 Å². The fourth-order valence-corrected chi connectivity index (χ4v) is 1.90. The van der Waals surface area contributed by atoms with Gasteiger partial charge in [-0.25, -0.2) is 0 Å². The Morgan fingerprint density at radius 2 is 2.17 bits per heavy atom. The first-order valence-corrected chi connectivity index (χ1v) is 4.45. The lowest BCUT2D eigenvalue weighted by atomic mass is 9.97. The molecule has 1 aliphatic rings. The van der Waals surface area contributed by atoms with Gasteiger partial charge in [0.05, 0.1) is 34.3 Å². The first-order chi connectivity index (χ1) is 5.55. The molecule has 0 radical (unpaired) electrons. The molecule has 1 rings (SSSR count). The number of hydrogen-bond donors (Lipinski definition) is 0. The van der Waals surface area contributed by atoms with Crippen LogP contribution in [0.2, 0.25) is 0 Å². The zero-order valence-electron chi connectivity index (χ0n) is 8.17. The highest BCUT2D eigenvalue weighted by atomic mass is 16.5. The summed E-state index contributed by atoms with van der Waals surface area (Å²) in [5.41, 5.74) is 0. The van der Waals surface area contributed by atoms with Crippen molar-refractivity contribution in [3.05, 3.63) is 0 Å². The zero-order chi connectivity index (χ0) is 9.19. The summed E-state index contributed by atoms with van der Waals surface area (Å²) < 4.78 is 5.68. The number of ether oxygens (including phenoxy) is 1. The van der Waals surface area contributed by atoms with Crippen LogP contribution >= 0.6 is 0 Å². The molecule has 3 nitrogen and oxygen atoms in total. The van der Waals surface area contributed by atoms with Crippen LogP contribution in [0.25, 0.3) is 0 Å². The van der Waals surface area contributed by atoms with E-state index in [9.17, 15) is 4.79 Å². The molecule has 0 aromatic rings. The maximum absolute atomic E-state index is 11.2. The van der Waals surface area contributed by atoms with Gasteiger partial charge in [-0.3, -0.25) is 4.79 Å². The molecule has 0 aliphatic carbocycles. The van der Waals surface area contributed by atoms with Gasteiger partial charge in [0, 0.05) is 0 Å². The molecular weight excluding hydrogens is 154 g/mol. The lowest BCUT2D eigenvalue weighted by Gasteiger charge is -2.36. The van der Waals surface area contributed by atoms with E-state index in [-0.39, 0.29) is 11.9 Å². The number of methoxy groups -OCH3 is 1. The Bertz CT molecular complexity index is 177. The van der Waals surface area contributed by atoms with Crippen molar-refractivity contribution in [2.75, 3.05) is 34.3 Å². The average molecular weight is 172 g/mol. The number of piperidine rings is 1. The molecule has 1 heterocycles. The molecule has 0 N–H and O–H groups in total. The largest absolute Gasteiger partial charge is 0.469 e. The maximum Gasteiger partial charge on any atom is 0.314 e. The van der Waals surface area contributed by atoms with Crippen LogP contribution in [0.15, 0.2) is 0 Å². The van der Waals surface area contributed by atoms with Gasteiger partial charge in [-0.1, -0.05) is 0 Å². The number of esters is 1. The van der Waals surface area contributed by atoms with Gasteiger partial charge in [0.1, 0.15) is 5.92 Å². The predicted molar refractivity (Wildman–Crippen MR) is 46.6 cm³/mol. The zero-order valence-corrected chi connectivity index (χ0v) is 8.17. The number of nitrogens with zero attached hydrogens (tertiary/aromatic N) is 1. The summed E-state index contributed by atoms with van der Waals surface area (Å²) >= 11 is 0. The molecule has 0 saturated carbocycles. The fourth-order valence-electron chi connectivity index (χ4n) is 1.90. The molecule has 70 valence electrons. The smallest absolute Gasteiger partial charge is 0.314 e. The molecule has 0 unspecified atom stereocenters. The second-order valence-corrected chi connectivity index (χ2v) is 4.20. The Kier molecular flexibility index (Phi) is 2.73. The molecule has 3 heteroatoms. The van der Waals surface area contributed by atoms with Crippen molar-refractivity contribution >= 4 is 5.97 Å². The number of carbonyl (C=O) groups is 1. The highest BCUT2D eigenvalue weighted by Gasteiger charge is 2.32. The van der Waals surface area contributed by atoms with Crippen LogP contribution in [0, 0.1) is 5.92 Å². The van der Waals surface area contributed by atoms with E-state index in [1.807, 2.05) is 0 Å². The van der Waals surface area contributed by atoms with Crippen LogP contribution in [-0.2, 0) is 9.53 Å². The average Bonchev–Trinajstić information content (AvgIpc) is 2.01. The lowest BCUT2D eigenvalue weighted by molar-refractivity contribution is -0.897. The van der Waals surface area contributed by atoms with Gasteiger partial charge in [-0.05, 0) is 12.8 Å². The van der Waals surface area contributed by atoms with Crippen molar-refractivity contribution in [1.82, 2.24) is 0 Å². The van der Waals surface area contributed by atoms with E-state index in [4.69, 9.17) is 4.74 Å². The van der Waals surface area contributed by atoms with Gasteiger partial charge >= 0.3 is 5.97 Å². The number of carbonyl (C=O) groups excluding carboxylic acids is 1. The normalized spacial score (nSPS) is 28.1. The first kappa shape index (κ1) is 9.52. The molecule has 1 atom stereocenters. The summed E-state index contributed by atoms with van der Waals surface area (Å²) in [5.74, 6) is 0.0830. The van der Waals surface area contributed by atoms with Crippen molar-refractivity contribution in [2.45, 2.75) is 12.8 Å². The highest BCUT2D eigenvalue weighted by molar-refractivity contribution is 5.72. The van der Waals surface area contributed by atoms with Crippen molar-refractivity contribution in [3.8, 4) is 0 Å². The third-order valence-electron chi connectivity index (χ3n) is 2.57. The van der Waals surface area contributed by atoms with E-state index in [2.05, 4.69) is 14.1 Å². The van der Waals surface area contributed by atoms with E-state index in [1.165, 1.54) is 13.7 Å². The second kappa shape index (κ2) is 3.44. The third kappa shape index (κ3) is 2.21. The monoisotopic (exact) mass is 172 g/mol. The minimum Gasteiger partial charge on any atom is -0.469 e. The van der Waals surface area contributed by atoms with Gasteiger partial charge in [0.2, 0.25) is 0 Å². The van der Waals surface area contributed by atoms with E-state index < -0.39 is 0 Å². The summed E-state index contributed by atoms with van der Waals surface area (Å²) in [6.07, 6.45) is 2.13. The minimum atomic E-state index is -0.0408. The number of hydrogen-bond acceptors (Lipinski definition) is 2. The first-order valence-electron chi connectivity index (χ1n) is 4.45. The van der Waals surface area contributed by atoms with E-state index >= 15 is 0 Å². The van der Waals surface area contributed by atoms with Crippen LogP contribution in [0.1, 0.15) is 12.8 Å². The van der Waals surface area contributed by atoms with Crippen molar-refractivity contribution in [1.29, 1.82) is 0 Å². The molecule has 12 heavy (non-hydrogen) atoms. The van der Waals surface area contributed by atoms with Crippen LogP contribution in [0.4, 0.5) is 0 Å². The SMILES string of the molecule is COC(=O)[C@@H]1CCC[N+](C)(C)C1. The standard InChI is InChI=1S/C9H18NO2/c1-10(2)6-4-5-8(7-10)9(11)12-3/h8H,4-7H2,1-3H3/q+1/t8-/m1/s1. The highest BCUT2D eigenvalue weighted by Crippen LogP contribution is 2.20. The van der Waals surface area contributed by atoms with Gasteiger partial charge < -0.3 is 9.22 Å². The summed E-state index contributed by atoms with van der Waals surface area (Å²) in [4.78, 5) is 11.2. The maximum atomic E-state index is 11.2. The molecule has 1 aliphatic heterocycles. The molecule has 0 aromatic carbocycles. The molecular formula is C9H18NO2+. The molecule has 1 saturated heterocycles. The Morgan fingerprint density at radius 1 is 1.50 bits per heavy atom. The molecule has 0 bridgehead atoms. The quantitative estimate of drug-likeness (QED) is 0.429. The van der Waals surface area contributed by atoms with Gasteiger partial charge in [-0.2, -0.15) is 0 Å². The fraction of sp³-hybridized carbons (Fsp3) is 0.889. The summed E-state index contributed by atoms with van der Waals surface area (Å²) in [5, 5.41) is 0. The summed E-state index contributed by atoms with van der Waals surface area (Å²) in [6, 6.07) is 0. The van der Waals surface area contributed by atoms with Crippen molar-refractivity contribution < 1.29 is 14.0 Å². The van der Waals surface area contributed by atoms with Crippen LogP contribution < -0.4 is 0 Å². The summed E-state index contributed by atoms with van der Waals surface area (Å²) in [7, 11) is 5.79. The van der Waals surface area contributed by atoms with E-state index in [0.717, 1.165) is 23.9 Å². The minimum absolute atomic E-state index is 0.0408. The van der Waals surface area contributed by atoms with Crippen LogP contribution in [0.5, 0.6) is 0 Å². The van der Waals surface area contributed by atoms with Crippen LogP contribution in [0.3, 0.4) is 0 Å². The number of likely N-dealkylation sites (tertiary alicyclic amines) is 1.